The molecule has 11 heteroatoms. The lowest BCUT2D eigenvalue weighted by Crippen LogP contribution is -2.38. The van der Waals surface area contributed by atoms with Crippen LogP contribution in [0.25, 0.3) is 0 Å². The molecule has 0 aromatic carbocycles. The normalized spacial score (nSPS) is 22.3. The van der Waals surface area contributed by atoms with Gasteiger partial charge in [0.25, 0.3) is 0 Å². The molecule has 0 aromatic rings. The molecule has 11 nitrogen and oxygen atoms in total. The number of ether oxygens (including phenoxy) is 2. The number of hydrogen-bond acceptors (Lipinski definition) is 7. The van der Waals surface area contributed by atoms with Crippen LogP contribution < -0.4 is 16.0 Å². The number of likely N-dealkylation sites (tertiary alicyclic amines) is 1. The molecule has 0 bridgehead atoms. The third-order valence-electron chi connectivity index (χ3n) is 6.08. The molecule has 1 heterocycles. The van der Waals surface area contributed by atoms with Crippen molar-refractivity contribution in [3.63, 3.8) is 0 Å². The van der Waals surface area contributed by atoms with E-state index in [1.165, 1.54) is 0 Å². The minimum atomic E-state index is -0.296. The molecule has 0 spiro atoms. The van der Waals surface area contributed by atoms with Gasteiger partial charge >= 0.3 is 0 Å². The summed E-state index contributed by atoms with van der Waals surface area (Å²) in [5.74, 6) is -0.640. The van der Waals surface area contributed by atoms with Crippen LogP contribution in [0.1, 0.15) is 44.9 Å². The van der Waals surface area contributed by atoms with E-state index < -0.39 is 0 Å². The molecule has 1 aliphatic carbocycles. The van der Waals surface area contributed by atoms with Crippen LogP contribution >= 0.6 is 0 Å². The number of nitrogens with zero attached hydrogens (tertiary/aromatic N) is 1. The molecule has 192 valence electrons. The van der Waals surface area contributed by atoms with Gasteiger partial charge in [-0.25, -0.2) is 0 Å². The maximum Gasteiger partial charge on any atom is 0.246 e. The summed E-state index contributed by atoms with van der Waals surface area (Å²) in [4.78, 5) is 59.4. The number of aldehydes is 1. The second kappa shape index (κ2) is 15.4. The van der Waals surface area contributed by atoms with Crippen molar-refractivity contribution in [3.8, 4) is 0 Å². The van der Waals surface area contributed by atoms with Crippen LogP contribution in [0.4, 0.5) is 0 Å². The van der Waals surface area contributed by atoms with Gasteiger partial charge in [-0.2, -0.15) is 0 Å². The first-order valence-electron chi connectivity index (χ1n) is 12.1. The Bertz CT molecular complexity index is 695. The number of rotatable bonds is 15. The quantitative estimate of drug-likeness (QED) is 0.209. The van der Waals surface area contributed by atoms with Gasteiger partial charge in [0, 0.05) is 58.1 Å². The summed E-state index contributed by atoms with van der Waals surface area (Å²) in [6, 6.07) is 0.138. The lowest BCUT2D eigenvalue weighted by Gasteiger charge is -2.26. The standard InChI is InChI=1S/C23H38N4O7/c1-27-14-18(13-22(27)31)23(32)25-8-2-10-34-16-21(30)24-9-12-33-11-7-20(29)26-19-5-3-17(15-28)4-6-19/h15,17-19H,2-14,16H2,1H3,(H,24,30)(H,25,32)(H,26,29). The third kappa shape index (κ3) is 10.6. The molecule has 1 aliphatic heterocycles. The van der Waals surface area contributed by atoms with E-state index in [-0.39, 0.29) is 67.6 Å². The van der Waals surface area contributed by atoms with Crippen molar-refractivity contribution in [2.24, 2.45) is 11.8 Å². The summed E-state index contributed by atoms with van der Waals surface area (Å²) in [5, 5.41) is 8.44. The molecular weight excluding hydrogens is 444 g/mol. The molecule has 1 atom stereocenters. The summed E-state index contributed by atoms with van der Waals surface area (Å²) in [7, 11) is 1.69. The number of hydrogen-bond donors (Lipinski definition) is 3. The van der Waals surface area contributed by atoms with Crippen LogP contribution in [-0.4, -0.2) is 94.0 Å². The highest BCUT2D eigenvalue weighted by molar-refractivity contribution is 5.89. The molecule has 0 radical (unpaired) electrons. The third-order valence-corrected chi connectivity index (χ3v) is 6.08. The molecule has 4 amide bonds. The average Bonchev–Trinajstić information content (AvgIpc) is 3.17. The van der Waals surface area contributed by atoms with Crippen molar-refractivity contribution < 1.29 is 33.4 Å². The van der Waals surface area contributed by atoms with Crippen molar-refractivity contribution in [3.05, 3.63) is 0 Å². The molecule has 3 N–H and O–H groups in total. The Morgan fingerprint density at radius 1 is 1.00 bits per heavy atom. The summed E-state index contributed by atoms with van der Waals surface area (Å²) >= 11 is 0. The number of nitrogens with one attached hydrogen (secondary N) is 3. The maximum absolute atomic E-state index is 12.0. The molecule has 1 saturated carbocycles. The summed E-state index contributed by atoms with van der Waals surface area (Å²) in [5.41, 5.74) is 0. The second-order valence-corrected chi connectivity index (χ2v) is 8.90. The van der Waals surface area contributed by atoms with Crippen LogP contribution in [0, 0.1) is 11.8 Å². The highest BCUT2D eigenvalue weighted by Gasteiger charge is 2.31. The highest BCUT2D eigenvalue weighted by Crippen LogP contribution is 2.22. The Balaban J connectivity index is 1.36. The molecule has 2 rings (SSSR count). The van der Waals surface area contributed by atoms with E-state index in [0.717, 1.165) is 32.0 Å². The van der Waals surface area contributed by atoms with Gasteiger partial charge in [0.2, 0.25) is 23.6 Å². The predicted octanol–water partition coefficient (Wildman–Crippen LogP) is -0.616. The first-order chi connectivity index (χ1) is 16.4. The van der Waals surface area contributed by atoms with Gasteiger partial charge in [-0.3, -0.25) is 19.2 Å². The zero-order valence-electron chi connectivity index (χ0n) is 20.0. The monoisotopic (exact) mass is 482 g/mol. The fourth-order valence-corrected chi connectivity index (χ4v) is 4.01. The topological polar surface area (TPSA) is 143 Å². The zero-order valence-corrected chi connectivity index (χ0v) is 20.0. The summed E-state index contributed by atoms with van der Waals surface area (Å²) < 4.78 is 10.7. The van der Waals surface area contributed by atoms with Crippen molar-refractivity contribution in [2.75, 3.05) is 53.1 Å². The fraction of sp³-hybridized carbons (Fsp3) is 0.783. The first-order valence-corrected chi connectivity index (χ1v) is 12.1. The molecule has 1 saturated heterocycles. The maximum atomic E-state index is 12.0. The van der Waals surface area contributed by atoms with Gasteiger partial charge in [0.05, 0.1) is 19.1 Å². The average molecular weight is 483 g/mol. The predicted molar refractivity (Wildman–Crippen MR) is 123 cm³/mol. The lowest BCUT2D eigenvalue weighted by atomic mass is 9.87. The largest absolute Gasteiger partial charge is 0.379 e. The Hall–Kier alpha value is -2.53. The minimum Gasteiger partial charge on any atom is -0.379 e. The molecule has 0 aromatic heterocycles. The van der Waals surface area contributed by atoms with Gasteiger partial charge in [0.1, 0.15) is 12.9 Å². The van der Waals surface area contributed by atoms with Crippen molar-refractivity contribution in [1.29, 1.82) is 0 Å². The van der Waals surface area contributed by atoms with Crippen molar-refractivity contribution in [1.82, 2.24) is 20.9 Å². The molecular formula is C23H38N4O7. The smallest absolute Gasteiger partial charge is 0.246 e. The zero-order chi connectivity index (χ0) is 24.8. The van der Waals surface area contributed by atoms with Gasteiger partial charge in [-0.15, -0.1) is 0 Å². The van der Waals surface area contributed by atoms with Crippen LogP contribution in [0.2, 0.25) is 0 Å². The van der Waals surface area contributed by atoms with E-state index in [0.29, 0.717) is 39.3 Å². The Morgan fingerprint density at radius 3 is 2.44 bits per heavy atom. The highest BCUT2D eigenvalue weighted by atomic mass is 16.5. The lowest BCUT2D eigenvalue weighted by molar-refractivity contribution is -0.128. The summed E-state index contributed by atoms with van der Waals surface area (Å²) in [6.45, 7) is 2.03. The van der Waals surface area contributed by atoms with Crippen LogP contribution in [0.3, 0.4) is 0 Å². The van der Waals surface area contributed by atoms with Crippen molar-refractivity contribution >= 4 is 29.9 Å². The van der Waals surface area contributed by atoms with Gasteiger partial charge in [0.15, 0.2) is 0 Å². The van der Waals surface area contributed by atoms with Crippen molar-refractivity contribution in [2.45, 2.75) is 51.0 Å². The van der Waals surface area contributed by atoms with Gasteiger partial charge in [-0.1, -0.05) is 0 Å². The Labute approximate surface area is 200 Å². The van der Waals surface area contributed by atoms with Gasteiger partial charge < -0.3 is 35.1 Å². The van der Waals surface area contributed by atoms with E-state index in [1.54, 1.807) is 11.9 Å². The minimum absolute atomic E-state index is 0.0180. The SMILES string of the molecule is CN1CC(C(=O)NCCCOCC(=O)NCCOCCC(=O)NC2CCC(C=O)CC2)CC1=O. The fourth-order valence-electron chi connectivity index (χ4n) is 4.01. The molecule has 34 heavy (non-hydrogen) atoms. The van der Waals surface area contributed by atoms with Gasteiger partial charge in [-0.05, 0) is 32.1 Å². The first kappa shape index (κ1) is 27.7. The van der Waals surface area contributed by atoms with Crippen LogP contribution in [0.5, 0.6) is 0 Å². The number of carbonyl (C=O) groups excluding carboxylic acids is 5. The Morgan fingerprint density at radius 2 is 1.76 bits per heavy atom. The number of carbonyl (C=O) groups is 5. The van der Waals surface area contributed by atoms with Crippen LogP contribution in [-0.2, 0) is 33.4 Å². The van der Waals surface area contributed by atoms with E-state index in [2.05, 4.69) is 16.0 Å². The van der Waals surface area contributed by atoms with E-state index >= 15 is 0 Å². The molecule has 2 fully saturated rings. The Kier molecular flexibility index (Phi) is 12.5. The molecule has 1 unspecified atom stereocenters. The second-order valence-electron chi connectivity index (χ2n) is 8.90. The summed E-state index contributed by atoms with van der Waals surface area (Å²) in [6.07, 6.45) is 5.40. The number of amides is 4. The van der Waals surface area contributed by atoms with E-state index in [4.69, 9.17) is 9.47 Å². The van der Waals surface area contributed by atoms with E-state index in [9.17, 15) is 24.0 Å². The van der Waals surface area contributed by atoms with E-state index in [1.807, 2.05) is 0 Å². The van der Waals surface area contributed by atoms with Crippen LogP contribution in [0.15, 0.2) is 0 Å². The molecule has 2 aliphatic rings.